The minimum atomic E-state index is -3.83. The van der Waals surface area contributed by atoms with Gasteiger partial charge in [-0.15, -0.1) is 11.3 Å². The fourth-order valence-corrected chi connectivity index (χ4v) is 11.4. The molecular formula is C60H71ClFN9O9S2. The molecule has 0 bridgehead atoms. The highest BCUT2D eigenvalue weighted by Gasteiger charge is 2.53. The van der Waals surface area contributed by atoms with Gasteiger partial charge in [-0.05, 0) is 91.1 Å². The van der Waals surface area contributed by atoms with Crippen LogP contribution in [-0.4, -0.2) is 120 Å². The number of halogens is 2. The molecule has 0 radical (unpaired) electrons. The number of hydrogen-bond donors (Lipinski definition) is 6. The molecule has 1 saturated heterocycles. The average molecular weight is 1180 g/mol. The van der Waals surface area contributed by atoms with Crippen LogP contribution < -0.4 is 30.7 Å². The lowest BCUT2D eigenvalue weighted by molar-refractivity contribution is -0.145. The number of carbonyl (C=O) groups excluding carboxylic acids is 4. The Bertz CT molecular complexity index is 3290. The van der Waals surface area contributed by atoms with Gasteiger partial charge in [0.25, 0.3) is 5.91 Å². The molecule has 2 aromatic heterocycles. The average Bonchev–Trinajstić information content (AvgIpc) is 4.07. The smallest absolute Gasteiger partial charge is 0.258 e. The molecule has 82 heavy (non-hydrogen) atoms. The number of aliphatic hydroxyl groups excluding tert-OH is 1. The van der Waals surface area contributed by atoms with E-state index in [4.69, 9.17) is 21.1 Å². The van der Waals surface area contributed by atoms with E-state index in [1.165, 1.54) is 34.6 Å². The Balaban J connectivity index is 0.705. The molecule has 18 nitrogen and oxygen atoms in total. The van der Waals surface area contributed by atoms with Gasteiger partial charge in [-0.2, -0.15) is 0 Å². The zero-order chi connectivity index (χ0) is 58.4. The van der Waals surface area contributed by atoms with Crippen LogP contribution in [0.4, 0.5) is 16.0 Å². The number of anilines is 2. The van der Waals surface area contributed by atoms with Crippen molar-refractivity contribution in [1.82, 2.24) is 40.5 Å². The number of likely N-dealkylation sites (tertiary alicyclic amines) is 1. The second kappa shape index (κ2) is 27.9. The minimum absolute atomic E-state index is 0.0105. The van der Waals surface area contributed by atoms with E-state index in [-0.39, 0.29) is 69.5 Å². The SMILES string of the molecule is Cc1ncsc1-c1ccc(CNC(=O)[C@@H]2C[C@@H](O)CN2C(=O)[C@@H](NC(=O)C2(F)CC2)C(C)(C)C)c(OCCCCCCCC(=O)NCCOCCNS(=O)(=O)c2ccc(Nc3ncc(Cl)c(-c4cccc(-c5ccccc5)c4)n3)cc2)c1. The second-order valence-electron chi connectivity index (χ2n) is 21.7. The molecule has 1 aliphatic carbocycles. The Morgan fingerprint density at radius 2 is 1.57 bits per heavy atom. The largest absolute Gasteiger partial charge is 0.493 e. The molecule has 3 atom stereocenters. The molecule has 0 unspecified atom stereocenters. The Morgan fingerprint density at radius 3 is 2.30 bits per heavy atom. The van der Waals surface area contributed by atoms with E-state index in [0.717, 1.165) is 58.5 Å². The lowest BCUT2D eigenvalue weighted by Gasteiger charge is -2.35. The molecule has 8 rings (SSSR count). The molecule has 4 aromatic carbocycles. The molecule has 6 aromatic rings. The van der Waals surface area contributed by atoms with Crippen LogP contribution in [0, 0.1) is 12.3 Å². The van der Waals surface area contributed by atoms with E-state index < -0.39 is 57.0 Å². The fraction of sp³-hybridized carbons (Fsp3) is 0.417. The number of aromatic nitrogens is 3. The standard InChI is InChI=1S/C60H71ClFN9O9S2/c1-39-53(81-38-66-39)43-19-20-44(35-64-55(74)49-34-46(72)37-71(49)56(75)54(59(2,3)4)70-57(76)60(62)25-26-60)50(33-43)80-29-12-7-5-6-11-18-51(73)63-27-30-79-31-28-67-82(77,78)47-23-21-45(22-24-47)68-58-65-36-48(61)52(69-58)42-17-13-16-41(32-42)40-14-9-8-10-15-40/h8-10,13-17,19-24,32-33,36,38,46,49,54,67,72H,5-7,11-12,18,25-31,34-35,37H2,1-4H3,(H,63,73)(H,64,74)(H,70,76)(H,65,68,69)/t46-,49+,54-/m1/s1. The molecule has 1 saturated carbocycles. The first-order chi connectivity index (χ1) is 39.3. The van der Waals surface area contributed by atoms with Crippen molar-refractivity contribution < 1.29 is 46.6 Å². The van der Waals surface area contributed by atoms with Gasteiger partial charge in [0.15, 0.2) is 5.67 Å². The lowest BCUT2D eigenvalue weighted by Crippen LogP contribution is -2.59. The zero-order valence-electron chi connectivity index (χ0n) is 46.5. The van der Waals surface area contributed by atoms with Crippen molar-refractivity contribution in [2.75, 3.05) is 44.8 Å². The highest BCUT2D eigenvalue weighted by Crippen LogP contribution is 2.41. The van der Waals surface area contributed by atoms with E-state index in [1.54, 1.807) is 38.4 Å². The number of alkyl halides is 1. The van der Waals surface area contributed by atoms with Crippen LogP contribution in [-0.2, 0) is 40.5 Å². The van der Waals surface area contributed by atoms with Gasteiger partial charge >= 0.3 is 0 Å². The molecule has 22 heteroatoms. The number of benzene rings is 4. The summed E-state index contributed by atoms with van der Waals surface area (Å²) in [5.41, 5.74) is 5.54. The van der Waals surface area contributed by atoms with Crippen molar-refractivity contribution in [3.63, 3.8) is 0 Å². The quantitative estimate of drug-likeness (QED) is 0.0252. The number of rotatable bonds is 28. The van der Waals surface area contributed by atoms with Crippen molar-refractivity contribution in [2.24, 2.45) is 5.41 Å². The van der Waals surface area contributed by atoms with E-state index in [9.17, 15) is 37.1 Å². The van der Waals surface area contributed by atoms with Gasteiger partial charge in [-0.3, -0.25) is 19.2 Å². The molecule has 2 aliphatic rings. The van der Waals surface area contributed by atoms with Gasteiger partial charge in [-0.25, -0.2) is 32.5 Å². The van der Waals surface area contributed by atoms with Crippen molar-refractivity contribution >= 4 is 68.2 Å². The highest BCUT2D eigenvalue weighted by atomic mass is 35.5. The van der Waals surface area contributed by atoms with E-state index in [2.05, 4.69) is 40.9 Å². The molecule has 0 spiro atoms. The molecule has 6 N–H and O–H groups in total. The number of aliphatic hydroxyl groups is 1. The van der Waals surface area contributed by atoms with Gasteiger partial charge in [0.1, 0.15) is 17.8 Å². The number of nitrogens with zero attached hydrogens (tertiary/aromatic N) is 4. The first-order valence-corrected chi connectivity index (χ1v) is 30.3. The van der Waals surface area contributed by atoms with Gasteiger partial charge in [-0.1, -0.05) is 112 Å². The molecule has 1 aliphatic heterocycles. The van der Waals surface area contributed by atoms with Crippen LogP contribution in [0.3, 0.4) is 0 Å². The molecule has 3 heterocycles. The number of nitrogens with one attached hydrogen (secondary N) is 5. The van der Waals surface area contributed by atoms with Crippen molar-refractivity contribution in [2.45, 2.75) is 121 Å². The zero-order valence-corrected chi connectivity index (χ0v) is 48.9. The predicted molar refractivity (Wildman–Crippen MR) is 315 cm³/mol. The second-order valence-corrected chi connectivity index (χ2v) is 24.7. The minimum Gasteiger partial charge on any atom is -0.493 e. The summed E-state index contributed by atoms with van der Waals surface area (Å²) in [5, 5.41) is 22.5. The lowest BCUT2D eigenvalue weighted by atomic mass is 9.85. The first kappa shape index (κ1) is 61.2. The summed E-state index contributed by atoms with van der Waals surface area (Å²) < 4.78 is 55.2. The molecular weight excluding hydrogens is 1110 g/mol. The fourth-order valence-electron chi connectivity index (χ4n) is 9.41. The summed E-state index contributed by atoms with van der Waals surface area (Å²) in [6.45, 7) is 8.24. The van der Waals surface area contributed by atoms with Gasteiger partial charge < -0.3 is 40.7 Å². The Labute approximate surface area is 487 Å². The molecule has 4 amide bonds. The summed E-state index contributed by atoms with van der Waals surface area (Å²) in [7, 11) is -3.83. The van der Waals surface area contributed by atoms with Crippen LogP contribution >= 0.6 is 22.9 Å². The van der Waals surface area contributed by atoms with Gasteiger partial charge in [0, 0.05) is 55.8 Å². The maximum absolute atomic E-state index is 14.7. The number of thiazole rings is 1. The monoisotopic (exact) mass is 1180 g/mol. The van der Waals surface area contributed by atoms with E-state index in [0.29, 0.717) is 53.1 Å². The van der Waals surface area contributed by atoms with Crippen LogP contribution in [0.25, 0.3) is 32.8 Å². The van der Waals surface area contributed by atoms with Crippen LogP contribution in [0.2, 0.25) is 5.02 Å². The van der Waals surface area contributed by atoms with Gasteiger partial charge in [0.2, 0.25) is 33.7 Å². The number of carbonyl (C=O) groups is 4. The summed E-state index contributed by atoms with van der Waals surface area (Å²) in [4.78, 5) is 68.7. The maximum Gasteiger partial charge on any atom is 0.258 e. The first-order valence-electron chi connectivity index (χ1n) is 27.6. The Morgan fingerprint density at radius 1 is 0.854 bits per heavy atom. The third kappa shape index (κ3) is 16.7. The summed E-state index contributed by atoms with van der Waals surface area (Å²) in [5.74, 6) is -1.08. The topological polar surface area (TPSA) is 243 Å². The van der Waals surface area contributed by atoms with Crippen LogP contribution in [0.5, 0.6) is 5.75 Å². The number of aryl methyl sites for hydroxylation is 1. The van der Waals surface area contributed by atoms with E-state index >= 15 is 0 Å². The third-order valence-corrected chi connectivity index (χ3v) is 16.9. The van der Waals surface area contributed by atoms with Crippen LogP contribution in [0.1, 0.15) is 89.8 Å². The van der Waals surface area contributed by atoms with Crippen molar-refractivity contribution in [3.8, 4) is 38.6 Å². The number of unbranched alkanes of at least 4 members (excludes halogenated alkanes) is 4. The van der Waals surface area contributed by atoms with Gasteiger partial charge in [0.05, 0.1) is 63.8 Å². The summed E-state index contributed by atoms with van der Waals surface area (Å²) in [6, 6.07) is 27.7. The van der Waals surface area contributed by atoms with Crippen molar-refractivity contribution in [3.05, 3.63) is 125 Å². The summed E-state index contributed by atoms with van der Waals surface area (Å²) >= 11 is 8.04. The number of sulfonamides is 1. The van der Waals surface area contributed by atoms with E-state index in [1.807, 2.05) is 79.7 Å². The molecule has 436 valence electrons. The normalized spacial score (nSPS) is 16.1. The Hall–Kier alpha value is -6.88. The molecule has 2 fully saturated rings. The van der Waals surface area contributed by atoms with Crippen molar-refractivity contribution in [1.29, 1.82) is 0 Å². The maximum atomic E-state index is 14.7. The number of amides is 4. The Kier molecular flexibility index (Phi) is 20.8. The summed E-state index contributed by atoms with van der Waals surface area (Å²) in [6.07, 6.45) is 5.19. The van der Waals surface area contributed by atoms with Crippen LogP contribution in [0.15, 0.2) is 114 Å². The number of hydrogen-bond acceptors (Lipinski definition) is 14. The highest BCUT2D eigenvalue weighted by molar-refractivity contribution is 7.89. The third-order valence-electron chi connectivity index (χ3n) is 14.2. The number of ether oxygens (including phenoxy) is 2. The predicted octanol–water partition coefficient (Wildman–Crippen LogP) is 9.08. The number of β-amino-alcohol motifs (C(OH)–C–C–N with tert-alkyl or cyclic N) is 1.